The molecule has 0 fully saturated rings. The Morgan fingerprint density at radius 1 is 0.969 bits per heavy atom. The molecule has 10 heteroatoms. The average molecular weight is 461 g/mol. The van der Waals surface area contributed by atoms with Gasteiger partial charge in [0.05, 0.1) is 0 Å². The number of urea groups is 1. The Labute approximate surface area is 187 Å². The van der Waals surface area contributed by atoms with Crippen molar-refractivity contribution < 1.29 is 23.1 Å². The molecule has 32 heavy (non-hydrogen) atoms. The van der Waals surface area contributed by atoms with Crippen molar-refractivity contribution in [3.8, 4) is 11.5 Å². The Kier molecular flexibility index (Phi) is 6.89. The van der Waals surface area contributed by atoms with Gasteiger partial charge in [0.15, 0.2) is 0 Å². The number of hydrogen-bond acceptors (Lipinski definition) is 4. The van der Waals surface area contributed by atoms with Crippen molar-refractivity contribution in [3.05, 3.63) is 77.1 Å². The smallest absolute Gasteiger partial charge is 0.323 e. The van der Waals surface area contributed by atoms with E-state index in [1.807, 2.05) is 0 Å². The highest BCUT2D eigenvalue weighted by Crippen LogP contribution is 2.34. The molecule has 0 spiro atoms. The third-order valence-corrected chi connectivity index (χ3v) is 4.57. The van der Waals surface area contributed by atoms with Crippen molar-refractivity contribution in [1.82, 2.24) is 10.3 Å². The Morgan fingerprint density at radius 2 is 1.62 bits per heavy atom. The number of ether oxygens (including phenoxy) is 1. The number of benzene rings is 2. The summed E-state index contributed by atoms with van der Waals surface area (Å²) >= 11 is 5.81. The number of pyridine rings is 1. The van der Waals surface area contributed by atoms with Crippen LogP contribution in [0.2, 0.25) is 5.02 Å². The third-order valence-electron chi connectivity index (χ3n) is 4.24. The van der Waals surface area contributed by atoms with Crippen LogP contribution in [-0.2, 0) is 5.92 Å². The van der Waals surface area contributed by atoms with Crippen molar-refractivity contribution >= 4 is 34.9 Å². The molecule has 0 atom stereocenters. The minimum atomic E-state index is -3.14. The van der Waals surface area contributed by atoms with E-state index in [0.717, 1.165) is 13.0 Å². The summed E-state index contributed by atoms with van der Waals surface area (Å²) in [5.41, 5.74) is 0.457. The van der Waals surface area contributed by atoms with Crippen LogP contribution in [0.25, 0.3) is 0 Å². The molecule has 0 saturated carbocycles. The van der Waals surface area contributed by atoms with Crippen LogP contribution in [0.1, 0.15) is 23.0 Å². The number of halogens is 3. The number of alkyl halides is 2. The quantitative estimate of drug-likeness (QED) is 0.443. The zero-order valence-corrected chi connectivity index (χ0v) is 17.8. The molecule has 166 valence electrons. The first-order chi connectivity index (χ1) is 15.2. The maximum atomic E-state index is 13.6. The highest BCUT2D eigenvalue weighted by Gasteiger charge is 2.27. The predicted molar refractivity (Wildman–Crippen MR) is 118 cm³/mol. The van der Waals surface area contributed by atoms with E-state index in [-0.39, 0.29) is 27.9 Å². The van der Waals surface area contributed by atoms with Gasteiger partial charge >= 0.3 is 6.03 Å². The molecule has 3 aromatic rings. The second-order valence-corrected chi connectivity index (χ2v) is 7.15. The van der Waals surface area contributed by atoms with Crippen molar-refractivity contribution in [2.45, 2.75) is 12.8 Å². The molecule has 0 unspecified atom stereocenters. The molecule has 3 amide bonds. The van der Waals surface area contributed by atoms with Crippen LogP contribution >= 0.6 is 11.6 Å². The lowest BCUT2D eigenvalue weighted by molar-refractivity contribution is 0.0176. The number of carbonyl (C=O) groups excluding carboxylic acids is 2. The molecular formula is C22H19ClF2N4O3. The fraction of sp³-hybridized carbons (Fsp3) is 0.136. The van der Waals surface area contributed by atoms with Crippen LogP contribution in [0.3, 0.4) is 0 Å². The molecular weight excluding hydrogens is 442 g/mol. The van der Waals surface area contributed by atoms with Gasteiger partial charge in [-0.1, -0.05) is 11.6 Å². The standard InChI is InChI=1S/C22H19ClF2N4O3/c1-22(24,25)17-11-14(5-8-18(17)23)29-21(31)28-13-3-6-15(7-4-13)32-16-9-10-27-19(12-16)20(30)26-2/h3-12H,1-2H3,(H,26,30)(H2,28,29,31). The lowest BCUT2D eigenvalue weighted by atomic mass is 10.1. The fourth-order valence-corrected chi connectivity index (χ4v) is 2.99. The molecule has 0 aliphatic rings. The van der Waals surface area contributed by atoms with E-state index in [4.69, 9.17) is 16.3 Å². The van der Waals surface area contributed by atoms with Crippen LogP contribution in [-0.4, -0.2) is 24.0 Å². The van der Waals surface area contributed by atoms with Crippen molar-refractivity contribution in [2.24, 2.45) is 0 Å². The lowest BCUT2D eigenvalue weighted by Gasteiger charge is -2.15. The van der Waals surface area contributed by atoms with Gasteiger partial charge in [0, 0.05) is 48.2 Å². The van der Waals surface area contributed by atoms with Gasteiger partial charge in [-0.15, -0.1) is 0 Å². The number of rotatable bonds is 6. The molecule has 3 rings (SSSR count). The summed E-state index contributed by atoms with van der Waals surface area (Å²) in [6.45, 7) is 0.729. The van der Waals surface area contributed by atoms with Gasteiger partial charge in [-0.25, -0.2) is 13.6 Å². The number of amides is 3. The van der Waals surface area contributed by atoms with Crippen molar-refractivity contribution in [3.63, 3.8) is 0 Å². The number of hydrogen-bond donors (Lipinski definition) is 3. The SMILES string of the molecule is CNC(=O)c1cc(Oc2ccc(NC(=O)Nc3ccc(Cl)c(C(C)(F)F)c3)cc2)ccn1. The van der Waals surface area contributed by atoms with E-state index >= 15 is 0 Å². The van der Waals surface area contributed by atoms with Gasteiger partial charge in [-0.05, 0) is 48.5 Å². The van der Waals surface area contributed by atoms with Gasteiger partial charge in [-0.3, -0.25) is 9.78 Å². The van der Waals surface area contributed by atoms with E-state index in [1.54, 1.807) is 30.3 Å². The first kappa shape index (κ1) is 23.0. The fourth-order valence-electron chi connectivity index (χ4n) is 2.70. The zero-order chi connectivity index (χ0) is 23.3. The first-order valence-corrected chi connectivity index (χ1v) is 9.75. The van der Waals surface area contributed by atoms with E-state index in [1.165, 1.54) is 31.4 Å². The normalized spacial score (nSPS) is 10.9. The molecule has 0 aliphatic heterocycles. The minimum absolute atomic E-state index is 0.0873. The highest BCUT2D eigenvalue weighted by molar-refractivity contribution is 6.31. The predicted octanol–water partition coefficient (Wildman–Crippen LogP) is 5.64. The van der Waals surface area contributed by atoms with Crippen LogP contribution < -0.4 is 20.7 Å². The largest absolute Gasteiger partial charge is 0.457 e. The summed E-state index contributed by atoms with van der Waals surface area (Å²) in [7, 11) is 1.50. The second kappa shape index (κ2) is 9.61. The molecule has 1 aromatic heterocycles. The van der Waals surface area contributed by atoms with Crippen LogP contribution in [0.5, 0.6) is 11.5 Å². The molecule has 1 heterocycles. The topological polar surface area (TPSA) is 92.4 Å². The Balaban J connectivity index is 1.62. The maximum Gasteiger partial charge on any atom is 0.323 e. The zero-order valence-electron chi connectivity index (χ0n) is 17.1. The molecule has 7 nitrogen and oxygen atoms in total. The van der Waals surface area contributed by atoms with Crippen molar-refractivity contribution in [2.75, 3.05) is 17.7 Å². The summed E-state index contributed by atoms with van der Waals surface area (Å²) in [6.07, 6.45) is 1.46. The maximum absolute atomic E-state index is 13.6. The Morgan fingerprint density at radius 3 is 2.28 bits per heavy atom. The highest BCUT2D eigenvalue weighted by atomic mass is 35.5. The van der Waals surface area contributed by atoms with Gasteiger partial charge in [-0.2, -0.15) is 0 Å². The number of nitrogens with one attached hydrogen (secondary N) is 3. The summed E-state index contributed by atoms with van der Waals surface area (Å²) in [6, 6.07) is 12.8. The van der Waals surface area contributed by atoms with Gasteiger partial charge in [0.25, 0.3) is 11.8 Å². The lowest BCUT2D eigenvalue weighted by Crippen LogP contribution is -2.20. The van der Waals surface area contributed by atoms with Gasteiger partial charge in [0.1, 0.15) is 17.2 Å². The van der Waals surface area contributed by atoms with E-state index < -0.39 is 12.0 Å². The van der Waals surface area contributed by atoms with Crippen LogP contribution in [0, 0.1) is 0 Å². The molecule has 2 aromatic carbocycles. The molecule has 3 N–H and O–H groups in total. The first-order valence-electron chi connectivity index (χ1n) is 9.37. The third kappa shape index (κ3) is 5.92. The molecule has 0 radical (unpaired) electrons. The number of anilines is 2. The number of nitrogens with zero attached hydrogens (tertiary/aromatic N) is 1. The average Bonchev–Trinajstić information content (AvgIpc) is 2.75. The second-order valence-electron chi connectivity index (χ2n) is 6.74. The Hall–Kier alpha value is -3.72. The monoisotopic (exact) mass is 460 g/mol. The van der Waals surface area contributed by atoms with Crippen LogP contribution in [0.15, 0.2) is 60.8 Å². The summed E-state index contributed by atoms with van der Waals surface area (Å²) in [4.78, 5) is 27.8. The number of aromatic nitrogens is 1. The van der Waals surface area contributed by atoms with Crippen LogP contribution in [0.4, 0.5) is 25.0 Å². The number of carbonyl (C=O) groups is 2. The Bertz CT molecular complexity index is 1130. The van der Waals surface area contributed by atoms with Crippen molar-refractivity contribution in [1.29, 1.82) is 0 Å². The summed E-state index contributed by atoms with van der Waals surface area (Å²) in [5, 5.41) is 7.48. The molecule has 0 bridgehead atoms. The van der Waals surface area contributed by atoms with Gasteiger partial charge < -0.3 is 20.7 Å². The summed E-state index contributed by atoms with van der Waals surface area (Å²) < 4.78 is 32.9. The van der Waals surface area contributed by atoms with Gasteiger partial charge in [0.2, 0.25) is 0 Å². The molecule has 0 saturated heterocycles. The van der Waals surface area contributed by atoms with E-state index in [0.29, 0.717) is 17.2 Å². The molecule has 0 aliphatic carbocycles. The minimum Gasteiger partial charge on any atom is -0.457 e. The van der Waals surface area contributed by atoms with E-state index in [2.05, 4.69) is 20.9 Å². The van der Waals surface area contributed by atoms with E-state index in [9.17, 15) is 18.4 Å². The summed E-state index contributed by atoms with van der Waals surface area (Å²) in [5.74, 6) is -2.59.